The summed E-state index contributed by atoms with van der Waals surface area (Å²) >= 11 is 0. The van der Waals surface area contributed by atoms with Crippen LogP contribution in [0.5, 0.6) is 0 Å². The number of anilines is 2. The van der Waals surface area contributed by atoms with Crippen molar-refractivity contribution in [3.63, 3.8) is 0 Å². The standard InChI is InChI=1S/C10H20N4/c1-4-5-6-7-14-10(11)9(12-3)8(2)13-14/h12H,4-7,11H2,1-3H3. The molecular formula is C10H20N4. The van der Waals surface area contributed by atoms with Gasteiger partial charge in [-0.15, -0.1) is 0 Å². The Balaban J connectivity index is 2.68. The molecule has 0 saturated carbocycles. The monoisotopic (exact) mass is 196 g/mol. The first-order valence-electron chi connectivity index (χ1n) is 5.21. The number of rotatable bonds is 5. The quantitative estimate of drug-likeness (QED) is 0.708. The minimum atomic E-state index is 0.751. The molecule has 4 heteroatoms. The summed E-state index contributed by atoms with van der Waals surface area (Å²) in [6.07, 6.45) is 3.59. The Hall–Kier alpha value is -1.19. The summed E-state index contributed by atoms with van der Waals surface area (Å²) in [6.45, 7) is 5.08. The smallest absolute Gasteiger partial charge is 0.145 e. The number of nitrogens with zero attached hydrogens (tertiary/aromatic N) is 2. The van der Waals surface area contributed by atoms with Crippen LogP contribution >= 0.6 is 0 Å². The van der Waals surface area contributed by atoms with E-state index < -0.39 is 0 Å². The highest BCUT2D eigenvalue weighted by Gasteiger charge is 2.09. The molecule has 0 saturated heterocycles. The fourth-order valence-electron chi connectivity index (χ4n) is 1.59. The first kappa shape index (κ1) is 10.9. The van der Waals surface area contributed by atoms with Crippen molar-refractivity contribution in [2.45, 2.75) is 39.7 Å². The third kappa shape index (κ3) is 2.19. The number of nitrogen functional groups attached to an aromatic ring is 1. The van der Waals surface area contributed by atoms with Crippen LogP contribution < -0.4 is 11.1 Å². The van der Waals surface area contributed by atoms with E-state index in [1.807, 2.05) is 18.7 Å². The van der Waals surface area contributed by atoms with Gasteiger partial charge in [0, 0.05) is 13.6 Å². The lowest BCUT2D eigenvalue weighted by molar-refractivity contribution is 0.556. The van der Waals surface area contributed by atoms with Crippen LogP contribution in [0.1, 0.15) is 31.9 Å². The Kier molecular flexibility index (Phi) is 3.80. The summed E-state index contributed by atoms with van der Waals surface area (Å²) in [4.78, 5) is 0. The van der Waals surface area contributed by atoms with Gasteiger partial charge in [-0.1, -0.05) is 19.8 Å². The van der Waals surface area contributed by atoms with Crippen molar-refractivity contribution in [2.75, 3.05) is 18.1 Å². The van der Waals surface area contributed by atoms with Crippen molar-refractivity contribution < 1.29 is 0 Å². The molecule has 0 bridgehead atoms. The normalized spacial score (nSPS) is 10.5. The molecule has 4 nitrogen and oxygen atoms in total. The number of nitrogens with one attached hydrogen (secondary N) is 1. The average Bonchev–Trinajstić information content (AvgIpc) is 2.42. The molecule has 1 aromatic rings. The lowest BCUT2D eigenvalue weighted by Crippen LogP contribution is -2.05. The SMILES string of the molecule is CCCCCn1nc(C)c(NC)c1N. The lowest BCUT2D eigenvalue weighted by atomic mass is 10.2. The van der Waals surface area contributed by atoms with Gasteiger partial charge in [0.15, 0.2) is 0 Å². The summed E-state index contributed by atoms with van der Waals surface area (Å²) < 4.78 is 1.89. The maximum atomic E-state index is 5.93. The average molecular weight is 196 g/mol. The highest BCUT2D eigenvalue weighted by molar-refractivity contribution is 5.64. The Morgan fingerprint density at radius 2 is 2.14 bits per heavy atom. The molecule has 0 atom stereocenters. The predicted octanol–water partition coefficient (Wildman–Crippen LogP) is 2.01. The van der Waals surface area contributed by atoms with Gasteiger partial charge in [0.2, 0.25) is 0 Å². The summed E-state index contributed by atoms with van der Waals surface area (Å²) in [5.41, 5.74) is 7.87. The van der Waals surface area contributed by atoms with Crippen LogP contribution in [0.2, 0.25) is 0 Å². The summed E-state index contributed by atoms with van der Waals surface area (Å²) in [5.74, 6) is 0.751. The van der Waals surface area contributed by atoms with E-state index in [1.54, 1.807) is 0 Å². The number of aryl methyl sites for hydroxylation is 2. The maximum Gasteiger partial charge on any atom is 0.145 e. The highest BCUT2D eigenvalue weighted by atomic mass is 15.3. The second-order valence-electron chi connectivity index (χ2n) is 3.53. The Bertz CT molecular complexity index is 291. The highest BCUT2D eigenvalue weighted by Crippen LogP contribution is 2.22. The zero-order chi connectivity index (χ0) is 10.6. The molecule has 0 amide bonds. The van der Waals surface area contributed by atoms with Crippen molar-refractivity contribution in [3.8, 4) is 0 Å². The third-order valence-electron chi connectivity index (χ3n) is 2.39. The van der Waals surface area contributed by atoms with Gasteiger partial charge in [0.25, 0.3) is 0 Å². The summed E-state index contributed by atoms with van der Waals surface area (Å²) in [5, 5.41) is 7.45. The zero-order valence-corrected chi connectivity index (χ0v) is 9.30. The Labute approximate surface area is 85.5 Å². The van der Waals surface area contributed by atoms with E-state index in [4.69, 9.17) is 5.73 Å². The van der Waals surface area contributed by atoms with Crippen LogP contribution in [0.3, 0.4) is 0 Å². The fraction of sp³-hybridized carbons (Fsp3) is 0.700. The van der Waals surface area contributed by atoms with Gasteiger partial charge in [0.1, 0.15) is 5.82 Å². The van der Waals surface area contributed by atoms with E-state index in [0.29, 0.717) is 0 Å². The molecule has 80 valence electrons. The molecule has 0 aliphatic heterocycles. The molecular weight excluding hydrogens is 176 g/mol. The maximum absolute atomic E-state index is 5.93. The van der Waals surface area contributed by atoms with Crippen molar-refractivity contribution in [2.24, 2.45) is 0 Å². The largest absolute Gasteiger partial charge is 0.384 e. The first-order valence-corrected chi connectivity index (χ1v) is 5.21. The second-order valence-corrected chi connectivity index (χ2v) is 3.53. The molecule has 0 unspecified atom stereocenters. The lowest BCUT2D eigenvalue weighted by Gasteiger charge is -2.03. The van der Waals surface area contributed by atoms with Gasteiger partial charge in [-0.2, -0.15) is 5.10 Å². The van der Waals surface area contributed by atoms with Crippen molar-refractivity contribution >= 4 is 11.5 Å². The number of unbranched alkanes of at least 4 members (excludes halogenated alkanes) is 2. The molecule has 1 heterocycles. The van der Waals surface area contributed by atoms with Gasteiger partial charge in [0.05, 0.1) is 11.4 Å². The molecule has 0 spiro atoms. The zero-order valence-electron chi connectivity index (χ0n) is 9.30. The van der Waals surface area contributed by atoms with Crippen LogP contribution in [0.4, 0.5) is 11.5 Å². The minimum absolute atomic E-state index is 0.751. The number of nitrogens with two attached hydrogens (primary N) is 1. The van der Waals surface area contributed by atoms with Gasteiger partial charge in [-0.3, -0.25) is 0 Å². The van der Waals surface area contributed by atoms with Crippen molar-refractivity contribution in [1.29, 1.82) is 0 Å². The van der Waals surface area contributed by atoms with E-state index in [2.05, 4.69) is 17.3 Å². The van der Waals surface area contributed by atoms with Crippen LogP contribution in [-0.4, -0.2) is 16.8 Å². The summed E-state index contributed by atoms with van der Waals surface area (Å²) in [6, 6.07) is 0. The third-order valence-corrected chi connectivity index (χ3v) is 2.39. The molecule has 0 radical (unpaired) electrons. The van der Waals surface area contributed by atoms with Gasteiger partial charge in [-0.05, 0) is 13.3 Å². The fourth-order valence-corrected chi connectivity index (χ4v) is 1.59. The molecule has 0 fully saturated rings. The van der Waals surface area contributed by atoms with Crippen molar-refractivity contribution in [3.05, 3.63) is 5.69 Å². The van der Waals surface area contributed by atoms with Crippen LogP contribution in [0.25, 0.3) is 0 Å². The number of hydrogen-bond acceptors (Lipinski definition) is 3. The first-order chi connectivity index (χ1) is 6.70. The molecule has 14 heavy (non-hydrogen) atoms. The Morgan fingerprint density at radius 1 is 1.43 bits per heavy atom. The van der Waals surface area contributed by atoms with E-state index >= 15 is 0 Å². The van der Waals surface area contributed by atoms with Crippen LogP contribution in [-0.2, 0) is 6.54 Å². The van der Waals surface area contributed by atoms with E-state index in [-0.39, 0.29) is 0 Å². The van der Waals surface area contributed by atoms with Gasteiger partial charge >= 0.3 is 0 Å². The molecule has 1 rings (SSSR count). The molecule has 0 aliphatic carbocycles. The minimum Gasteiger partial charge on any atom is -0.384 e. The van der Waals surface area contributed by atoms with E-state index in [9.17, 15) is 0 Å². The van der Waals surface area contributed by atoms with Crippen molar-refractivity contribution in [1.82, 2.24) is 9.78 Å². The second kappa shape index (κ2) is 4.88. The number of aromatic nitrogens is 2. The van der Waals surface area contributed by atoms with Crippen LogP contribution in [0.15, 0.2) is 0 Å². The Morgan fingerprint density at radius 3 is 2.64 bits per heavy atom. The predicted molar refractivity (Wildman–Crippen MR) is 60.4 cm³/mol. The number of hydrogen-bond donors (Lipinski definition) is 2. The topological polar surface area (TPSA) is 55.9 Å². The van der Waals surface area contributed by atoms with E-state index in [1.165, 1.54) is 12.8 Å². The summed E-state index contributed by atoms with van der Waals surface area (Å²) in [7, 11) is 1.87. The van der Waals surface area contributed by atoms with Gasteiger partial charge < -0.3 is 11.1 Å². The molecule has 3 N–H and O–H groups in total. The molecule has 0 aliphatic rings. The van der Waals surface area contributed by atoms with Crippen LogP contribution in [0, 0.1) is 6.92 Å². The van der Waals surface area contributed by atoms with E-state index in [0.717, 1.165) is 30.2 Å². The molecule has 1 aromatic heterocycles. The van der Waals surface area contributed by atoms with Gasteiger partial charge in [-0.25, -0.2) is 4.68 Å². The molecule has 0 aromatic carbocycles.